The average molecular weight is 390 g/mol. The molecule has 1 fully saturated rings. The third-order valence-corrected chi connectivity index (χ3v) is 5.32. The Labute approximate surface area is 169 Å². The van der Waals surface area contributed by atoms with Crippen LogP contribution in [0.2, 0.25) is 0 Å². The molecule has 2 N–H and O–H groups in total. The minimum Gasteiger partial charge on any atom is -0.383 e. The normalized spacial score (nSPS) is 14.8. The quantitative estimate of drug-likeness (QED) is 0.565. The van der Waals surface area contributed by atoms with Crippen LogP contribution in [0.4, 0.5) is 11.4 Å². The number of ether oxygens (including phenoxy) is 1. The van der Waals surface area contributed by atoms with E-state index in [9.17, 15) is 9.59 Å². The van der Waals surface area contributed by atoms with Crippen LogP contribution in [0.5, 0.6) is 0 Å². The first-order valence-corrected chi connectivity index (χ1v) is 10.6. The minimum absolute atomic E-state index is 0.0113. The molecule has 2 rings (SSSR count). The molecule has 0 spiro atoms. The van der Waals surface area contributed by atoms with E-state index in [-0.39, 0.29) is 17.7 Å². The van der Waals surface area contributed by atoms with Crippen LogP contribution < -0.4 is 15.5 Å². The third-order valence-electron chi connectivity index (χ3n) is 5.32. The lowest BCUT2D eigenvalue weighted by Crippen LogP contribution is -2.30. The lowest BCUT2D eigenvalue weighted by Gasteiger charge is -2.22. The fraction of sp³-hybridized carbons (Fsp3) is 0.636. The highest BCUT2D eigenvalue weighted by Crippen LogP contribution is 2.28. The monoisotopic (exact) mass is 389 g/mol. The van der Waals surface area contributed by atoms with Gasteiger partial charge >= 0.3 is 0 Å². The molecule has 0 radical (unpaired) electrons. The molecule has 0 aromatic heterocycles. The molecule has 6 heteroatoms. The maximum absolute atomic E-state index is 12.8. The highest BCUT2D eigenvalue weighted by molar-refractivity contribution is 6.02. The van der Waals surface area contributed by atoms with Crippen molar-refractivity contribution in [2.45, 2.75) is 52.4 Å². The smallest absolute Gasteiger partial charge is 0.253 e. The van der Waals surface area contributed by atoms with Gasteiger partial charge in [-0.3, -0.25) is 9.59 Å². The fourth-order valence-corrected chi connectivity index (χ4v) is 3.61. The molecular formula is C22H35N3O3. The van der Waals surface area contributed by atoms with Gasteiger partial charge in [0.2, 0.25) is 5.91 Å². The van der Waals surface area contributed by atoms with Crippen LogP contribution in [-0.4, -0.2) is 45.2 Å². The highest BCUT2D eigenvalue weighted by Gasteiger charge is 2.21. The van der Waals surface area contributed by atoms with Gasteiger partial charge in [0.05, 0.1) is 12.2 Å². The van der Waals surface area contributed by atoms with Gasteiger partial charge in [-0.15, -0.1) is 0 Å². The number of nitrogens with one attached hydrogen (secondary N) is 2. The summed E-state index contributed by atoms with van der Waals surface area (Å²) < 4.78 is 5.02. The van der Waals surface area contributed by atoms with Gasteiger partial charge in [0.15, 0.2) is 0 Å². The molecule has 2 amide bonds. The maximum Gasteiger partial charge on any atom is 0.253 e. The van der Waals surface area contributed by atoms with Crippen molar-refractivity contribution in [2.24, 2.45) is 5.92 Å². The van der Waals surface area contributed by atoms with E-state index >= 15 is 0 Å². The summed E-state index contributed by atoms with van der Waals surface area (Å²) in [5.74, 6) is -0.0825. The van der Waals surface area contributed by atoms with Crippen LogP contribution in [0, 0.1) is 5.92 Å². The van der Waals surface area contributed by atoms with Crippen molar-refractivity contribution >= 4 is 23.2 Å². The highest BCUT2D eigenvalue weighted by atomic mass is 16.5. The lowest BCUT2D eigenvalue weighted by atomic mass is 9.98. The van der Waals surface area contributed by atoms with Gasteiger partial charge in [-0.05, 0) is 43.9 Å². The number of unbranched alkanes of at least 4 members (excludes halogenated alkanes) is 1. The van der Waals surface area contributed by atoms with Crippen molar-refractivity contribution < 1.29 is 14.3 Å². The van der Waals surface area contributed by atoms with Crippen molar-refractivity contribution in [2.75, 3.05) is 43.6 Å². The number of hydrogen-bond donors (Lipinski definition) is 2. The zero-order chi connectivity index (χ0) is 20.4. The van der Waals surface area contributed by atoms with E-state index in [4.69, 9.17) is 4.74 Å². The Balaban J connectivity index is 2.17. The van der Waals surface area contributed by atoms with Crippen LogP contribution >= 0.6 is 0 Å². The topological polar surface area (TPSA) is 70.7 Å². The lowest BCUT2D eigenvalue weighted by molar-refractivity contribution is -0.120. The van der Waals surface area contributed by atoms with E-state index in [1.165, 1.54) is 0 Å². The van der Waals surface area contributed by atoms with Gasteiger partial charge in [0.1, 0.15) is 0 Å². The zero-order valence-electron chi connectivity index (χ0n) is 17.6. The number of benzene rings is 1. The number of nitrogens with zero attached hydrogens (tertiary/aromatic N) is 1. The predicted molar refractivity (Wildman–Crippen MR) is 114 cm³/mol. The van der Waals surface area contributed by atoms with E-state index in [2.05, 4.69) is 22.5 Å². The number of carbonyl (C=O) groups excluding carboxylic acids is 2. The molecule has 0 aliphatic carbocycles. The van der Waals surface area contributed by atoms with Gasteiger partial charge in [-0.1, -0.05) is 26.7 Å². The van der Waals surface area contributed by atoms with E-state index < -0.39 is 0 Å². The van der Waals surface area contributed by atoms with Crippen LogP contribution in [-0.2, 0) is 9.53 Å². The maximum atomic E-state index is 12.8. The molecule has 0 bridgehead atoms. The van der Waals surface area contributed by atoms with Gasteiger partial charge in [0, 0.05) is 44.0 Å². The second-order valence-electron chi connectivity index (χ2n) is 7.41. The molecule has 1 aliphatic heterocycles. The van der Waals surface area contributed by atoms with Crippen molar-refractivity contribution in [3.8, 4) is 0 Å². The molecule has 1 heterocycles. The van der Waals surface area contributed by atoms with Gasteiger partial charge in [0.25, 0.3) is 5.91 Å². The SMILES string of the molecule is CCCCC(CC)C(=O)Nc1ccc(N2CCCC2)c(C(=O)NCCOC)c1. The van der Waals surface area contributed by atoms with Crippen LogP contribution in [0.1, 0.15) is 62.7 Å². The van der Waals surface area contributed by atoms with Crippen molar-refractivity contribution in [3.05, 3.63) is 23.8 Å². The molecule has 28 heavy (non-hydrogen) atoms. The Bertz CT molecular complexity index is 642. The summed E-state index contributed by atoms with van der Waals surface area (Å²) in [6, 6.07) is 5.67. The van der Waals surface area contributed by atoms with Crippen LogP contribution in [0.25, 0.3) is 0 Å². The van der Waals surface area contributed by atoms with E-state index in [0.29, 0.717) is 24.4 Å². The number of hydrogen-bond acceptors (Lipinski definition) is 4. The first kappa shape index (κ1) is 22.2. The van der Waals surface area contributed by atoms with Gasteiger partial charge < -0.3 is 20.3 Å². The average Bonchev–Trinajstić information content (AvgIpc) is 3.23. The summed E-state index contributed by atoms with van der Waals surface area (Å²) in [6.45, 7) is 7.02. The van der Waals surface area contributed by atoms with Crippen molar-refractivity contribution in [1.82, 2.24) is 5.32 Å². The number of rotatable bonds is 11. The Kier molecular flexibility index (Phi) is 9.28. The number of anilines is 2. The van der Waals surface area contributed by atoms with E-state index in [1.807, 2.05) is 19.1 Å². The molecule has 1 aliphatic rings. The zero-order valence-corrected chi connectivity index (χ0v) is 17.6. The molecule has 1 unspecified atom stereocenters. The number of carbonyl (C=O) groups is 2. The molecule has 156 valence electrons. The van der Waals surface area contributed by atoms with Crippen molar-refractivity contribution in [3.63, 3.8) is 0 Å². The summed E-state index contributed by atoms with van der Waals surface area (Å²) in [5.41, 5.74) is 2.22. The van der Waals surface area contributed by atoms with E-state index in [0.717, 1.165) is 57.3 Å². The molecule has 1 aromatic rings. The summed E-state index contributed by atoms with van der Waals surface area (Å²) in [5, 5.41) is 5.92. The first-order valence-electron chi connectivity index (χ1n) is 10.6. The summed E-state index contributed by atoms with van der Waals surface area (Å²) in [4.78, 5) is 27.6. The van der Waals surface area contributed by atoms with Crippen molar-refractivity contribution in [1.29, 1.82) is 0 Å². The first-order chi connectivity index (χ1) is 13.6. The number of amides is 2. The van der Waals surface area contributed by atoms with Crippen LogP contribution in [0.15, 0.2) is 18.2 Å². The number of methoxy groups -OCH3 is 1. The Hall–Kier alpha value is -2.08. The Morgan fingerprint density at radius 1 is 1.21 bits per heavy atom. The third kappa shape index (κ3) is 6.23. The molecule has 6 nitrogen and oxygen atoms in total. The standard InChI is InChI=1S/C22H35N3O3/c1-4-6-9-17(5-2)21(26)24-18-10-11-20(25-13-7-8-14-25)19(16-18)22(27)23-12-15-28-3/h10-11,16-17H,4-9,12-15H2,1-3H3,(H,23,27)(H,24,26). The molecule has 1 saturated heterocycles. The van der Waals surface area contributed by atoms with Gasteiger partial charge in [-0.2, -0.15) is 0 Å². The van der Waals surface area contributed by atoms with Gasteiger partial charge in [-0.25, -0.2) is 0 Å². The summed E-state index contributed by atoms with van der Waals surface area (Å²) in [6.07, 6.45) is 6.13. The minimum atomic E-state index is -0.131. The Morgan fingerprint density at radius 3 is 2.61 bits per heavy atom. The summed E-state index contributed by atoms with van der Waals surface area (Å²) in [7, 11) is 1.61. The molecule has 0 saturated carbocycles. The largest absolute Gasteiger partial charge is 0.383 e. The van der Waals surface area contributed by atoms with E-state index in [1.54, 1.807) is 13.2 Å². The second-order valence-corrected chi connectivity index (χ2v) is 7.41. The van der Waals surface area contributed by atoms with Crippen LogP contribution in [0.3, 0.4) is 0 Å². The predicted octanol–water partition coefficient (Wildman–Crippen LogP) is 3.82. The fourth-order valence-electron chi connectivity index (χ4n) is 3.61. The molecule has 1 atom stereocenters. The molecular weight excluding hydrogens is 354 g/mol. The Morgan fingerprint density at radius 2 is 1.96 bits per heavy atom. The molecule has 1 aromatic carbocycles. The second kappa shape index (κ2) is 11.7. The summed E-state index contributed by atoms with van der Waals surface area (Å²) >= 11 is 0.